The zero-order chi connectivity index (χ0) is 18.4. The molecule has 5 heteroatoms. The Morgan fingerprint density at radius 1 is 1.08 bits per heavy atom. The van der Waals surface area contributed by atoms with Gasteiger partial charge in [-0.1, -0.05) is 52.3 Å². The molecule has 0 saturated carbocycles. The molecule has 2 aromatic rings. The summed E-state index contributed by atoms with van der Waals surface area (Å²) in [6.07, 6.45) is 1.40. The molecule has 0 bridgehead atoms. The van der Waals surface area contributed by atoms with E-state index in [-0.39, 0.29) is 5.91 Å². The first-order valence-corrected chi connectivity index (χ1v) is 9.62. The third-order valence-electron chi connectivity index (χ3n) is 4.96. The first kappa shape index (κ1) is 19.1. The first-order chi connectivity index (χ1) is 12.6. The highest BCUT2D eigenvalue weighted by molar-refractivity contribution is 9.10. The maximum Gasteiger partial charge on any atom is 0.231 e. The molecule has 1 aliphatic heterocycles. The van der Waals surface area contributed by atoms with Crippen molar-refractivity contribution in [1.29, 1.82) is 0 Å². The fraction of sp³-hybridized carbons (Fsp3) is 0.381. The van der Waals surface area contributed by atoms with Crippen molar-refractivity contribution < 1.29 is 14.3 Å². The average Bonchev–Trinajstić information content (AvgIpc) is 2.68. The molecule has 1 aliphatic rings. The largest absolute Gasteiger partial charge is 0.381 e. The summed E-state index contributed by atoms with van der Waals surface area (Å²) in [6.45, 7) is 2.33. The van der Waals surface area contributed by atoms with Crippen LogP contribution in [0.2, 0.25) is 0 Å². The van der Waals surface area contributed by atoms with Crippen LogP contribution >= 0.6 is 15.9 Å². The van der Waals surface area contributed by atoms with Crippen LogP contribution in [-0.4, -0.2) is 26.2 Å². The second-order valence-corrected chi connectivity index (χ2v) is 7.55. The standard InChI is InChI=1S/C21H24BrNO3/c1-25-15-17-4-2-16(3-5-17)14-23-20(24)21(10-12-26-13-11-21)18-6-8-19(22)9-7-18/h2-9H,10-15H2,1H3,(H,23,24). The number of nitrogens with one attached hydrogen (secondary N) is 1. The molecule has 3 rings (SSSR count). The Hall–Kier alpha value is -1.69. The zero-order valence-electron chi connectivity index (χ0n) is 15.0. The Balaban J connectivity index is 1.72. The first-order valence-electron chi connectivity index (χ1n) is 8.83. The average molecular weight is 418 g/mol. The van der Waals surface area contributed by atoms with Gasteiger partial charge in [0, 0.05) is 31.3 Å². The number of carbonyl (C=O) groups is 1. The van der Waals surface area contributed by atoms with Gasteiger partial charge in [-0.2, -0.15) is 0 Å². The van der Waals surface area contributed by atoms with E-state index < -0.39 is 5.41 Å². The Kier molecular flexibility index (Phi) is 6.46. The van der Waals surface area contributed by atoms with Crippen LogP contribution in [0.4, 0.5) is 0 Å². The minimum absolute atomic E-state index is 0.0732. The number of ether oxygens (including phenoxy) is 2. The van der Waals surface area contributed by atoms with Crippen LogP contribution in [0.25, 0.3) is 0 Å². The number of hydrogen-bond acceptors (Lipinski definition) is 3. The maximum atomic E-state index is 13.1. The van der Waals surface area contributed by atoms with Gasteiger partial charge < -0.3 is 14.8 Å². The molecule has 138 valence electrons. The topological polar surface area (TPSA) is 47.6 Å². The number of halogens is 1. The van der Waals surface area contributed by atoms with Gasteiger partial charge in [0.25, 0.3) is 0 Å². The molecule has 1 amide bonds. The second-order valence-electron chi connectivity index (χ2n) is 6.63. The Morgan fingerprint density at radius 3 is 2.31 bits per heavy atom. The number of hydrogen-bond donors (Lipinski definition) is 1. The van der Waals surface area contributed by atoms with Crippen molar-refractivity contribution in [2.24, 2.45) is 0 Å². The van der Waals surface area contributed by atoms with Gasteiger partial charge in [-0.25, -0.2) is 0 Å². The van der Waals surface area contributed by atoms with Crippen LogP contribution in [0.3, 0.4) is 0 Å². The van der Waals surface area contributed by atoms with Crippen molar-refractivity contribution in [3.63, 3.8) is 0 Å². The summed E-state index contributed by atoms with van der Waals surface area (Å²) in [4.78, 5) is 13.1. The van der Waals surface area contributed by atoms with E-state index in [1.165, 1.54) is 0 Å². The molecular weight excluding hydrogens is 394 g/mol. The monoisotopic (exact) mass is 417 g/mol. The van der Waals surface area contributed by atoms with E-state index in [9.17, 15) is 4.79 Å². The smallest absolute Gasteiger partial charge is 0.231 e. The van der Waals surface area contributed by atoms with E-state index in [2.05, 4.69) is 21.2 Å². The molecule has 1 fully saturated rings. The van der Waals surface area contributed by atoms with Gasteiger partial charge in [0.05, 0.1) is 12.0 Å². The molecule has 26 heavy (non-hydrogen) atoms. The van der Waals surface area contributed by atoms with Crippen molar-refractivity contribution >= 4 is 21.8 Å². The van der Waals surface area contributed by atoms with Gasteiger partial charge in [0.2, 0.25) is 5.91 Å². The summed E-state index contributed by atoms with van der Waals surface area (Å²) in [5, 5.41) is 3.14. The highest BCUT2D eigenvalue weighted by atomic mass is 79.9. The van der Waals surface area contributed by atoms with Gasteiger partial charge in [0.1, 0.15) is 0 Å². The predicted octanol–water partition coefficient (Wildman–Crippen LogP) is 3.96. The number of amides is 1. The fourth-order valence-electron chi connectivity index (χ4n) is 3.41. The number of methoxy groups -OCH3 is 1. The Bertz CT molecular complexity index is 722. The molecular formula is C21H24BrNO3. The number of benzene rings is 2. The quantitative estimate of drug-likeness (QED) is 0.773. The van der Waals surface area contributed by atoms with E-state index in [1.54, 1.807) is 7.11 Å². The highest BCUT2D eigenvalue weighted by Gasteiger charge is 2.41. The minimum Gasteiger partial charge on any atom is -0.381 e. The predicted molar refractivity (Wildman–Crippen MR) is 105 cm³/mol. The molecule has 0 atom stereocenters. The fourth-order valence-corrected chi connectivity index (χ4v) is 3.67. The minimum atomic E-state index is -0.519. The molecule has 1 saturated heterocycles. The third kappa shape index (κ3) is 4.34. The Morgan fingerprint density at radius 2 is 1.69 bits per heavy atom. The van der Waals surface area contributed by atoms with Gasteiger partial charge in [-0.15, -0.1) is 0 Å². The van der Waals surface area contributed by atoms with Gasteiger partial charge >= 0.3 is 0 Å². The SMILES string of the molecule is COCc1ccc(CNC(=O)C2(c3ccc(Br)cc3)CCOCC2)cc1. The van der Waals surface area contributed by atoms with E-state index >= 15 is 0 Å². The summed E-state index contributed by atoms with van der Waals surface area (Å²) in [5.74, 6) is 0.0732. The van der Waals surface area contributed by atoms with Crippen LogP contribution in [0, 0.1) is 0 Å². The van der Waals surface area contributed by atoms with Gasteiger partial charge in [-0.05, 0) is 41.7 Å². The molecule has 2 aromatic carbocycles. The molecule has 0 aliphatic carbocycles. The van der Waals surface area contributed by atoms with Gasteiger partial charge in [0.15, 0.2) is 0 Å². The summed E-state index contributed by atoms with van der Waals surface area (Å²) >= 11 is 3.47. The maximum absolute atomic E-state index is 13.1. The molecule has 0 aromatic heterocycles. The van der Waals surface area contributed by atoms with Crippen molar-refractivity contribution in [2.45, 2.75) is 31.4 Å². The van der Waals surface area contributed by atoms with Crippen LogP contribution in [-0.2, 0) is 32.8 Å². The second kappa shape index (κ2) is 8.80. The van der Waals surface area contributed by atoms with Crippen molar-refractivity contribution in [2.75, 3.05) is 20.3 Å². The lowest BCUT2D eigenvalue weighted by atomic mass is 9.73. The van der Waals surface area contributed by atoms with Crippen LogP contribution in [0.1, 0.15) is 29.5 Å². The molecule has 0 spiro atoms. The molecule has 1 heterocycles. The normalized spacial score (nSPS) is 16.2. The lowest BCUT2D eigenvalue weighted by Gasteiger charge is -2.36. The molecule has 0 radical (unpaired) electrons. The van der Waals surface area contributed by atoms with Crippen LogP contribution < -0.4 is 5.32 Å². The van der Waals surface area contributed by atoms with E-state index in [1.807, 2.05) is 48.5 Å². The molecule has 4 nitrogen and oxygen atoms in total. The number of carbonyl (C=O) groups excluding carboxylic acids is 1. The van der Waals surface area contributed by atoms with E-state index in [0.29, 0.717) is 39.2 Å². The summed E-state index contributed by atoms with van der Waals surface area (Å²) in [7, 11) is 1.68. The van der Waals surface area contributed by atoms with Crippen LogP contribution in [0.15, 0.2) is 53.0 Å². The van der Waals surface area contributed by atoms with Crippen LogP contribution in [0.5, 0.6) is 0 Å². The molecule has 1 N–H and O–H groups in total. The van der Waals surface area contributed by atoms with Crippen molar-refractivity contribution in [1.82, 2.24) is 5.32 Å². The van der Waals surface area contributed by atoms with E-state index in [4.69, 9.17) is 9.47 Å². The summed E-state index contributed by atoms with van der Waals surface area (Å²) in [6, 6.07) is 16.2. The van der Waals surface area contributed by atoms with E-state index in [0.717, 1.165) is 21.2 Å². The lowest BCUT2D eigenvalue weighted by molar-refractivity contribution is -0.130. The zero-order valence-corrected chi connectivity index (χ0v) is 16.6. The lowest BCUT2D eigenvalue weighted by Crippen LogP contribution is -2.47. The van der Waals surface area contributed by atoms with Crippen molar-refractivity contribution in [3.8, 4) is 0 Å². The summed E-state index contributed by atoms with van der Waals surface area (Å²) in [5.41, 5.74) is 2.74. The number of rotatable bonds is 6. The summed E-state index contributed by atoms with van der Waals surface area (Å²) < 4.78 is 11.7. The third-order valence-corrected chi connectivity index (χ3v) is 5.49. The Labute approximate surface area is 163 Å². The van der Waals surface area contributed by atoms with Gasteiger partial charge in [-0.3, -0.25) is 4.79 Å². The van der Waals surface area contributed by atoms with Crippen molar-refractivity contribution in [3.05, 3.63) is 69.7 Å². The molecule has 0 unspecified atom stereocenters. The highest BCUT2D eigenvalue weighted by Crippen LogP contribution is 2.35.